The van der Waals surface area contributed by atoms with Crippen molar-refractivity contribution >= 4 is 18.1 Å². The lowest BCUT2D eigenvalue weighted by Gasteiger charge is -2.47. The van der Waals surface area contributed by atoms with Gasteiger partial charge in [-0.3, -0.25) is 4.79 Å². The summed E-state index contributed by atoms with van der Waals surface area (Å²) in [7, 11) is 1.23. The van der Waals surface area contributed by atoms with Crippen molar-refractivity contribution in [3.63, 3.8) is 0 Å². The Hall–Kier alpha value is -1.99. The number of carbonyl (C=O) groups excluding carboxylic acids is 2. The van der Waals surface area contributed by atoms with E-state index in [4.69, 9.17) is 0 Å². The van der Waals surface area contributed by atoms with Crippen molar-refractivity contribution in [2.45, 2.75) is 65.1 Å². The fraction of sp³-hybridized carbons (Fsp3) is 0.812. The number of carboxylic acid groups (broad SMARTS) is 1. The van der Waals surface area contributed by atoms with Crippen molar-refractivity contribution in [3.8, 4) is 0 Å². The predicted octanol–water partition coefficient (Wildman–Crippen LogP) is 1.79. The van der Waals surface area contributed by atoms with Crippen LogP contribution in [0.1, 0.15) is 47.5 Å². The minimum atomic E-state index is -1.17. The first kappa shape index (κ1) is 20.1. The number of rotatable bonds is 3. The van der Waals surface area contributed by atoms with E-state index in [1.807, 2.05) is 20.8 Å². The van der Waals surface area contributed by atoms with Crippen LogP contribution in [0.4, 0.5) is 9.59 Å². The van der Waals surface area contributed by atoms with Crippen LogP contribution in [0.5, 0.6) is 0 Å². The minimum Gasteiger partial charge on any atom is -0.465 e. The first-order valence-corrected chi connectivity index (χ1v) is 8.07. The monoisotopic (exact) mass is 343 g/mol. The van der Waals surface area contributed by atoms with Crippen LogP contribution in [0.3, 0.4) is 0 Å². The molecule has 1 rings (SSSR count). The van der Waals surface area contributed by atoms with Crippen molar-refractivity contribution in [2.75, 3.05) is 13.7 Å². The first-order valence-electron chi connectivity index (χ1n) is 8.07. The standard InChI is InChI=1S/C16H29N3O5/c1-15(2,3)11-10(8-7-9-19(11)14(22)23)17-12(20)16(4,5)18-13(21)24-6/h10-11H,7-9H2,1-6H3,(H,17,20)(H,18,21)(H,22,23). The maximum Gasteiger partial charge on any atom is 0.407 e. The van der Waals surface area contributed by atoms with Crippen LogP contribution >= 0.6 is 0 Å². The van der Waals surface area contributed by atoms with Gasteiger partial charge in [0.15, 0.2) is 0 Å². The van der Waals surface area contributed by atoms with Gasteiger partial charge in [-0.15, -0.1) is 0 Å². The Morgan fingerprint density at radius 3 is 2.21 bits per heavy atom. The summed E-state index contributed by atoms with van der Waals surface area (Å²) in [4.78, 5) is 36.9. The second-order valence-electron chi connectivity index (χ2n) is 7.75. The molecule has 3 N–H and O–H groups in total. The number of ether oxygens (including phenoxy) is 1. The van der Waals surface area contributed by atoms with Crippen LogP contribution in [-0.4, -0.2) is 59.4 Å². The summed E-state index contributed by atoms with van der Waals surface area (Å²) in [5, 5.41) is 14.9. The van der Waals surface area contributed by atoms with Gasteiger partial charge in [0.25, 0.3) is 0 Å². The normalized spacial score (nSPS) is 21.8. The summed E-state index contributed by atoms with van der Waals surface area (Å²) in [6.07, 6.45) is -0.320. The molecule has 1 heterocycles. The fourth-order valence-corrected chi connectivity index (χ4v) is 3.14. The highest BCUT2D eigenvalue weighted by molar-refractivity contribution is 5.89. The zero-order valence-electron chi connectivity index (χ0n) is 15.3. The lowest BCUT2D eigenvalue weighted by Crippen LogP contribution is -2.65. The quantitative estimate of drug-likeness (QED) is 0.724. The first-order chi connectivity index (χ1) is 10.9. The number of piperidine rings is 1. The summed E-state index contributed by atoms with van der Waals surface area (Å²) in [6, 6.07) is -0.664. The van der Waals surface area contributed by atoms with E-state index < -0.39 is 17.7 Å². The third-order valence-electron chi connectivity index (χ3n) is 4.25. The molecule has 0 radical (unpaired) electrons. The SMILES string of the molecule is COC(=O)NC(C)(C)C(=O)NC1CCCN(C(=O)O)C1C(C)(C)C. The Labute approximate surface area is 142 Å². The smallest absolute Gasteiger partial charge is 0.407 e. The number of likely N-dealkylation sites (tertiary alicyclic amines) is 1. The molecule has 8 heteroatoms. The van der Waals surface area contributed by atoms with Crippen molar-refractivity contribution < 1.29 is 24.2 Å². The maximum absolute atomic E-state index is 12.6. The van der Waals surface area contributed by atoms with E-state index in [2.05, 4.69) is 15.4 Å². The lowest BCUT2D eigenvalue weighted by molar-refractivity contribution is -0.128. The van der Waals surface area contributed by atoms with Crippen molar-refractivity contribution in [3.05, 3.63) is 0 Å². The summed E-state index contributed by atoms with van der Waals surface area (Å²) in [5.74, 6) is -0.376. The van der Waals surface area contributed by atoms with Gasteiger partial charge in [0.05, 0.1) is 19.2 Å². The van der Waals surface area contributed by atoms with Gasteiger partial charge in [0, 0.05) is 6.54 Å². The lowest BCUT2D eigenvalue weighted by atomic mass is 9.77. The molecule has 8 nitrogen and oxygen atoms in total. The van der Waals surface area contributed by atoms with Crippen LogP contribution in [-0.2, 0) is 9.53 Å². The number of carbonyl (C=O) groups is 3. The Balaban J connectivity index is 2.95. The predicted molar refractivity (Wildman–Crippen MR) is 88.8 cm³/mol. The van der Waals surface area contributed by atoms with Gasteiger partial charge in [0.2, 0.25) is 5.91 Å². The van der Waals surface area contributed by atoms with Gasteiger partial charge in [-0.05, 0) is 32.1 Å². The Morgan fingerprint density at radius 1 is 1.17 bits per heavy atom. The molecule has 0 bridgehead atoms. The zero-order chi connectivity index (χ0) is 18.7. The third kappa shape index (κ3) is 4.75. The Kier molecular flexibility index (Phi) is 6.08. The van der Waals surface area contributed by atoms with Gasteiger partial charge < -0.3 is 25.4 Å². The molecule has 1 aliphatic rings. The number of nitrogens with zero attached hydrogens (tertiary/aromatic N) is 1. The van der Waals surface area contributed by atoms with E-state index >= 15 is 0 Å². The molecule has 3 amide bonds. The largest absolute Gasteiger partial charge is 0.465 e. The average Bonchev–Trinajstić information content (AvgIpc) is 2.45. The Bertz CT molecular complexity index is 498. The molecule has 138 valence electrons. The Morgan fingerprint density at radius 2 is 1.75 bits per heavy atom. The van der Waals surface area contributed by atoms with Crippen LogP contribution in [0.2, 0.25) is 0 Å². The zero-order valence-corrected chi connectivity index (χ0v) is 15.3. The van der Waals surface area contributed by atoms with E-state index in [9.17, 15) is 19.5 Å². The number of alkyl carbamates (subject to hydrolysis) is 1. The van der Waals surface area contributed by atoms with E-state index in [0.29, 0.717) is 19.4 Å². The maximum atomic E-state index is 12.6. The summed E-state index contributed by atoms with van der Waals surface area (Å²) < 4.78 is 4.53. The molecule has 0 spiro atoms. The third-order valence-corrected chi connectivity index (χ3v) is 4.25. The molecule has 1 fully saturated rings. The summed E-state index contributed by atoms with van der Waals surface area (Å²) in [5.41, 5.74) is -1.50. The summed E-state index contributed by atoms with van der Waals surface area (Å²) in [6.45, 7) is 9.46. The van der Waals surface area contributed by atoms with Crippen molar-refractivity contribution in [1.82, 2.24) is 15.5 Å². The van der Waals surface area contributed by atoms with Crippen LogP contribution in [0.15, 0.2) is 0 Å². The number of hydrogen-bond donors (Lipinski definition) is 3. The molecule has 2 atom stereocenters. The van der Waals surface area contributed by atoms with E-state index in [1.165, 1.54) is 12.0 Å². The van der Waals surface area contributed by atoms with Gasteiger partial charge >= 0.3 is 12.2 Å². The number of nitrogens with one attached hydrogen (secondary N) is 2. The van der Waals surface area contributed by atoms with Crippen LogP contribution in [0.25, 0.3) is 0 Å². The molecule has 0 aromatic heterocycles. The number of methoxy groups -OCH3 is 1. The molecular weight excluding hydrogens is 314 g/mol. The van der Waals surface area contributed by atoms with Crippen molar-refractivity contribution in [2.24, 2.45) is 5.41 Å². The minimum absolute atomic E-state index is 0.318. The highest BCUT2D eigenvalue weighted by atomic mass is 16.5. The molecule has 0 saturated carbocycles. The number of amides is 3. The molecule has 0 aromatic carbocycles. The van der Waals surface area contributed by atoms with Crippen molar-refractivity contribution in [1.29, 1.82) is 0 Å². The van der Waals surface area contributed by atoms with E-state index in [1.54, 1.807) is 13.8 Å². The molecule has 0 aromatic rings. The molecule has 24 heavy (non-hydrogen) atoms. The van der Waals surface area contributed by atoms with Gasteiger partial charge in [-0.2, -0.15) is 0 Å². The highest BCUT2D eigenvalue weighted by Gasteiger charge is 2.43. The molecule has 1 saturated heterocycles. The highest BCUT2D eigenvalue weighted by Crippen LogP contribution is 2.32. The molecule has 1 aliphatic heterocycles. The fourth-order valence-electron chi connectivity index (χ4n) is 3.14. The van der Waals surface area contributed by atoms with Crippen LogP contribution in [0, 0.1) is 5.41 Å². The van der Waals surface area contributed by atoms with Gasteiger partial charge in [0.1, 0.15) is 5.54 Å². The van der Waals surface area contributed by atoms with E-state index in [-0.39, 0.29) is 23.4 Å². The summed E-state index contributed by atoms with van der Waals surface area (Å²) >= 11 is 0. The van der Waals surface area contributed by atoms with E-state index in [0.717, 1.165) is 0 Å². The van der Waals surface area contributed by atoms with Gasteiger partial charge in [-0.25, -0.2) is 9.59 Å². The molecule has 0 aliphatic carbocycles. The van der Waals surface area contributed by atoms with Crippen LogP contribution < -0.4 is 10.6 Å². The molecular formula is C16H29N3O5. The second-order valence-corrected chi connectivity index (χ2v) is 7.75. The molecule has 2 unspecified atom stereocenters. The second kappa shape index (κ2) is 7.27. The average molecular weight is 343 g/mol. The number of hydrogen-bond acceptors (Lipinski definition) is 4. The van der Waals surface area contributed by atoms with Gasteiger partial charge in [-0.1, -0.05) is 20.8 Å². The topological polar surface area (TPSA) is 108 Å².